The normalized spacial score (nSPS) is 17.4. The zero-order valence-corrected chi connectivity index (χ0v) is 11.9. The van der Waals surface area contributed by atoms with Crippen LogP contribution < -0.4 is 10.6 Å². The maximum absolute atomic E-state index is 11.5. The van der Waals surface area contributed by atoms with Crippen molar-refractivity contribution in [1.29, 1.82) is 0 Å². The van der Waals surface area contributed by atoms with Crippen LogP contribution in [0.1, 0.15) is 44.9 Å². The molecule has 116 valence electrons. The number of carbonyl (C=O) groups excluding carboxylic acids is 1. The number of hydrogen-bond donors (Lipinski definition) is 4. The van der Waals surface area contributed by atoms with E-state index < -0.39 is 5.97 Å². The van der Waals surface area contributed by atoms with Gasteiger partial charge in [-0.05, 0) is 12.3 Å². The summed E-state index contributed by atoms with van der Waals surface area (Å²) in [7, 11) is 0. The monoisotopic (exact) mass is 286 g/mol. The van der Waals surface area contributed by atoms with E-state index in [-0.39, 0.29) is 25.0 Å². The molecule has 4 N–H and O–H groups in total. The van der Waals surface area contributed by atoms with Crippen LogP contribution in [-0.4, -0.2) is 41.9 Å². The van der Waals surface area contributed by atoms with Crippen molar-refractivity contribution in [1.82, 2.24) is 10.6 Å². The number of aliphatic carboxylic acids is 1. The number of nitrogens with one attached hydrogen (secondary N) is 2. The molecule has 20 heavy (non-hydrogen) atoms. The van der Waals surface area contributed by atoms with Gasteiger partial charge in [-0.1, -0.05) is 32.1 Å². The van der Waals surface area contributed by atoms with Crippen LogP contribution in [0.25, 0.3) is 0 Å². The fourth-order valence-electron chi connectivity index (χ4n) is 2.71. The fourth-order valence-corrected chi connectivity index (χ4v) is 2.71. The molecule has 2 amide bonds. The van der Waals surface area contributed by atoms with Gasteiger partial charge in [-0.15, -0.1) is 0 Å². The Labute approximate surface area is 119 Å². The molecule has 1 rings (SSSR count). The molecule has 0 saturated heterocycles. The number of aliphatic hydroxyl groups excluding tert-OH is 1. The van der Waals surface area contributed by atoms with E-state index in [1.807, 2.05) is 0 Å². The van der Waals surface area contributed by atoms with Crippen molar-refractivity contribution in [3.05, 3.63) is 0 Å². The zero-order valence-electron chi connectivity index (χ0n) is 11.9. The van der Waals surface area contributed by atoms with Gasteiger partial charge in [0.05, 0.1) is 0 Å². The van der Waals surface area contributed by atoms with Gasteiger partial charge >= 0.3 is 12.0 Å². The minimum atomic E-state index is -0.857. The minimum absolute atomic E-state index is 0.0572. The number of carboxylic acid groups (broad SMARTS) is 1. The second-order valence-electron chi connectivity index (χ2n) is 5.47. The summed E-state index contributed by atoms with van der Waals surface area (Å²) in [5.74, 6) is -0.231. The summed E-state index contributed by atoms with van der Waals surface area (Å²) in [5, 5.41) is 23.3. The first kappa shape index (κ1) is 16.8. The van der Waals surface area contributed by atoms with E-state index in [0.717, 1.165) is 12.8 Å². The first-order valence-electron chi connectivity index (χ1n) is 7.48. The molecule has 1 atom stereocenters. The molecule has 0 radical (unpaired) electrons. The summed E-state index contributed by atoms with van der Waals surface area (Å²) in [5.41, 5.74) is 0. The zero-order chi connectivity index (χ0) is 14.8. The number of carboxylic acids is 1. The molecule has 6 nitrogen and oxygen atoms in total. The van der Waals surface area contributed by atoms with E-state index in [9.17, 15) is 14.7 Å². The van der Waals surface area contributed by atoms with Crippen molar-refractivity contribution in [2.75, 3.05) is 19.7 Å². The largest absolute Gasteiger partial charge is 0.481 e. The van der Waals surface area contributed by atoms with Gasteiger partial charge in [0.2, 0.25) is 0 Å². The lowest BCUT2D eigenvalue weighted by molar-refractivity contribution is -0.137. The van der Waals surface area contributed by atoms with E-state index in [1.165, 1.54) is 19.3 Å². The Morgan fingerprint density at radius 2 is 1.85 bits per heavy atom. The number of aliphatic hydroxyl groups is 1. The molecular formula is C14H26N2O4. The van der Waals surface area contributed by atoms with Gasteiger partial charge in [0.25, 0.3) is 0 Å². The van der Waals surface area contributed by atoms with Gasteiger partial charge in [0.15, 0.2) is 0 Å². The lowest BCUT2D eigenvalue weighted by atomic mass is 9.80. The Kier molecular flexibility index (Phi) is 8.02. The lowest BCUT2D eigenvalue weighted by Gasteiger charge is -2.29. The van der Waals surface area contributed by atoms with Gasteiger partial charge < -0.3 is 20.8 Å². The summed E-state index contributed by atoms with van der Waals surface area (Å²) >= 11 is 0. The summed E-state index contributed by atoms with van der Waals surface area (Å²) < 4.78 is 0. The van der Waals surface area contributed by atoms with E-state index in [2.05, 4.69) is 10.6 Å². The summed E-state index contributed by atoms with van der Waals surface area (Å²) in [6, 6.07) is -0.287. The third kappa shape index (κ3) is 6.75. The quantitative estimate of drug-likeness (QED) is 0.506. The van der Waals surface area contributed by atoms with E-state index in [1.54, 1.807) is 0 Å². The summed E-state index contributed by atoms with van der Waals surface area (Å²) in [6.45, 7) is 0.932. The summed E-state index contributed by atoms with van der Waals surface area (Å²) in [4.78, 5) is 21.9. The predicted molar refractivity (Wildman–Crippen MR) is 75.4 cm³/mol. The predicted octanol–water partition coefficient (Wildman–Crippen LogP) is 1.34. The van der Waals surface area contributed by atoms with Gasteiger partial charge in [0, 0.05) is 32.0 Å². The molecule has 0 aromatic rings. The Balaban J connectivity index is 2.15. The van der Waals surface area contributed by atoms with Crippen LogP contribution >= 0.6 is 0 Å². The molecule has 1 fully saturated rings. The molecular weight excluding hydrogens is 260 g/mol. The number of rotatable bonds is 8. The molecule has 0 aromatic heterocycles. The Morgan fingerprint density at radius 1 is 1.15 bits per heavy atom. The number of urea groups is 1. The van der Waals surface area contributed by atoms with Crippen molar-refractivity contribution in [2.24, 2.45) is 11.8 Å². The summed E-state index contributed by atoms with van der Waals surface area (Å²) in [6.07, 6.45) is 6.44. The Bertz CT molecular complexity index is 304. The van der Waals surface area contributed by atoms with Crippen molar-refractivity contribution >= 4 is 12.0 Å². The molecule has 1 unspecified atom stereocenters. The van der Waals surface area contributed by atoms with E-state index in [4.69, 9.17) is 5.11 Å². The maximum atomic E-state index is 11.5. The minimum Gasteiger partial charge on any atom is -0.481 e. The molecule has 1 aliphatic rings. The average molecular weight is 286 g/mol. The SMILES string of the molecule is O=C(O)CCCNC(=O)NCC(CO)C1CCCCC1. The van der Waals surface area contributed by atoms with Crippen molar-refractivity contribution in [3.8, 4) is 0 Å². The van der Waals surface area contributed by atoms with Crippen LogP contribution in [-0.2, 0) is 4.79 Å². The second-order valence-corrected chi connectivity index (χ2v) is 5.47. The smallest absolute Gasteiger partial charge is 0.314 e. The second kappa shape index (κ2) is 9.58. The van der Waals surface area contributed by atoms with Crippen LogP contribution in [0.4, 0.5) is 4.79 Å². The van der Waals surface area contributed by atoms with Crippen LogP contribution in [0.2, 0.25) is 0 Å². The topological polar surface area (TPSA) is 98.7 Å². The first-order valence-corrected chi connectivity index (χ1v) is 7.48. The van der Waals surface area contributed by atoms with Crippen LogP contribution in [0.15, 0.2) is 0 Å². The Morgan fingerprint density at radius 3 is 2.45 bits per heavy atom. The lowest BCUT2D eigenvalue weighted by Crippen LogP contribution is -2.41. The van der Waals surface area contributed by atoms with Crippen molar-refractivity contribution in [2.45, 2.75) is 44.9 Å². The molecule has 0 spiro atoms. The number of carbonyl (C=O) groups is 2. The van der Waals surface area contributed by atoms with Crippen LogP contribution in [0, 0.1) is 11.8 Å². The third-order valence-corrected chi connectivity index (χ3v) is 3.93. The van der Waals surface area contributed by atoms with Gasteiger partial charge in [-0.3, -0.25) is 4.79 Å². The van der Waals surface area contributed by atoms with Crippen molar-refractivity contribution in [3.63, 3.8) is 0 Å². The van der Waals surface area contributed by atoms with Crippen molar-refractivity contribution < 1.29 is 19.8 Å². The standard InChI is InChI=1S/C14H26N2O4/c17-10-12(11-5-2-1-3-6-11)9-16-14(20)15-8-4-7-13(18)19/h11-12,17H,1-10H2,(H,18,19)(H2,15,16,20). The molecule has 0 aromatic carbocycles. The molecule has 0 heterocycles. The maximum Gasteiger partial charge on any atom is 0.314 e. The molecule has 0 aliphatic heterocycles. The fraction of sp³-hybridized carbons (Fsp3) is 0.857. The molecule has 1 saturated carbocycles. The van der Waals surface area contributed by atoms with E-state index >= 15 is 0 Å². The molecule has 0 bridgehead atoms. The highest BCUT2D eigenvalue weighted by atomic mass is 16.4. The van der Waals surface area contributed by atoms with Gasteiger partial charge in [-0.25, -0.2) is 4.79 Å². The number of amides is 2. The molecule has 6 heteroatoms. The van der Waals surface area contributed by atoms with Crippen LogP contribution in [0.5, 0.6) is 0 Å². The highest BCUT2D eigenvalue weighted by molar-refractivity contribution is 5.73. The van der Waals surface area contributed by atoms with Gasteiger partial charge in [0.1, 0.15) is 0 Å². The van der Waals surface area contributed by atoms with E-state index in [0.29, 0.717) is 25.4 Å². The molecule has 1 aliphatic carbocycles. The highest BCUT2D eigenvalue weighted by Crippen LogP contribution is 2.29. The van der Waals surface area contributed by atoms with Gasteiger partial charge in [-0.2, -0.15) is 0 Å². The number of hydrogen-bond acceptors (Lipinski definition) is 3. The Hall–Kier alpha value is -1.30. The average Bonchev–Trinajstić information content (AvgIpc) is 2.45. The third-order valence-electron chi connectivity index (χ3n) is 3.93. The van der Waals surface area contributed by atoms with Crippen LogP contribution in [0.3, 0.4) is 0 Å². The highest BCUT2D eigenvalue weighted by Gasteiger charge is 2.23. The first-order chi connectivity index (χ1) is 9.63.